The van der Waals surface area contributed by atoms with E-state index in [9.17, 15) is 4.79 Å². The van der Waals surface area contributed by atoms with Gasteiger partial charge in [-0.05, 0) is 18.9 Å². The average Bonchev–Trinajstić information content (AvgIpc) is 1.86. The number of rotatable bonds is 3. The van der Waals surface area contributed by atoms with Crippen LogP contribution in [0.15, 0.2) is 12.2 Å². The normalized spacial score (nSPS) is 11.2. The van der Waals surface area contributed by atoms with Crippen molar-refractivity contribution in [1.29, 1.82) is 0 Å². The van der Waals surface area contributed by atoms with E-state index >= 15 is 0 Å². The zero-order valence-corrected chi connectivity index (χ0v) is 7.32. The summed E-state index contributed by atoms with van der Waals surface area (Å²) in [6, 6.07) is 0. The Bertz CT molecular complexity index is 154. The standard InChI is InChI=1S/C9H16O/c1-6-9(4,5)8(10)7(2)3/h2,6H2,1,3-5H3. The van der Waals surface area contributed by atoms with Gasteiger partial charge in [0.1, 0.15) is 0 Å². The van der Waals surface area contributed by atoms with Gasteiger partial charge >= 0.3 is 0 Å². The summed E-state index contributed by atoms with van der Waals surface area (Å²) in [5.74, 6) is 0.176. The number of ketones is 1. The molecule has 0 saturated heterocycles. The van der Waals surface area contributed by atoms with Crippen molar-refractivity contribution in [3.05, 3.63) is 12.2 Å². The molecule has 0 N–H and O–H groups in total. The average molecular weight is 140 g/mol. The van der Waals surface area contributed by atoms with Crippen LogP contribution < -0.4 is 0 Å². The van der Waals surface area contributed by atoms with Crippen molar-refractivity contribution < 1.29 is 4.79 Å². The van der Waals surface area contributed by atoms with E-state index < -0.39 is 0 Å². The van der Waals surface area contributed by atoms with Gasteiger partial charge in [0.25, 0.3) is 0 Å². The van der Waals surface area contributed by atoms with Crippen molar-refractivity contribution in [2.45, 2.75) is 34.1 Å². The monoisotopic (exact) mass is 140 g/mol. The van der Waals surface area contributed by atoms with Gasteiger partial charge < -0.3 is 0 Å². The van der Waals surface area contributed by atoms with E-state index in [-0.39, 0.29) is 11.2 Å². The van der Waals surface area contributed by atoms with Crippen LogP contribution in [0.5, 0.6) is 0 Å². The molecular formula is C9H16O. The molecule has 0 heterocycles. The summed E-state index contributed by atoms with van der Waals surface area (Å²) in [7, 11) is 0. The molecule has 0 unspecified atom stereocenters. The highest BCUT2D eigenvalue weighted by atomic mass is 16.1. The minimum Gasteiger partial charge on any atom is -0.294 e. The zero-order chi connectivity index (χ0) is 8.36. The third-order valence-electron chi connectivity index (χ3n) is 1.89. The predicted octanol–water partition coefficient (Wildman–Crippen LogP) is 2.57. The van der Waals surface area contributed by atoms with Gasteiger partial charge in [0, 0.05) is 5.41 Å². The summed E-state index contributed by atoms with van der Waals surface area (Å²) in [6.45, 7) is 11.3. The van der Waals surface area contributed by atoms with E-state index in [2.05, 4.69) is 6.58 Å². The van der Waals surface area contributed by atoms with Gasteiger partial charge in [-0.2, -0.15) is 0 Å². The summed E-state index contributed by atoms with van der Waals surface area (Å²) < 4.78 is 0. The Morgan fingerprint density at radius 1 is 1.50 bits per heavy atom. The Balaban J connectivity index is 4.33. The van der Waals surface area contributed by atoms with Crippen LogP contribution in [0.2, 0.25) is 0 Å². The van der Waals surface area contributed by atoms with Crippen LogP contribution in [0.3, 0.4) is 0 Å². The van der Waals surface area contributed by atoms with Crippen LogP contribution in [0.4, 0.5) is 0 Å². The Morgan fingerprint density at radius 2 is 1.90 bits per heavy atom. The second kappa shape index (κ2) is 3.00. The van der Waals surface area contributed by atoms with Gasteiger partial charge in [-0.1, -0.05) is 27.4 Å². The van der Waals surface area contributed by atoms with Gasteiger partial charge in [0.05, 0.1) is 0 Å². The number of carbonyl (C=O) groups is 1. The highest BCUT2D eigenvalue weighted by Gasteiger charge is 2.24. The Hall–Kier alpha value is -0.590. The molecule has 0 spiro atoms. The fourth-order valence-electron chi connectivity index (χ4n) is 0.738. The fraction of sp³-hybridized carbons (Fsp3) is 0.667. The zero-order valence-electron chi connectivity index (χ0n) is 7.32. The molecule has 1 nitrogen and oxygen atoms in total. The molecule has 0 radical (unpaired) electrons. The summed E-state index contributed by atoms with van der Waals surface area (Å²) in [5.41, 5.74) is 0.443. The maximum absolute atomic E-state index is 11.3. The van der Waals surface area contributed by atoms with Crippen LogP contribution >= 0.6 is 0 Å². The first kappa shape index (κ1) is 9.41. The van der Waals surface area contributed by atoms with Crippen molar-refractivity contribution in [1.82, 2.24) is 0 Å². The minimum absolute atomic E-state index is 0.176. The Labute approximate surface area is 63.1 Å². The smallest absolute Gasteiger partial charge is 0.163 e. The summed E-state index contributed by atoms with van der Waals surface area (Å²) in [5, 5.41) is 0. The summed E-state index contributed by atoms with van der Waals surface area (Å²) in [6.07, 6.45) is 0.874. The first-order valence-corrected chi connectivity index (χ1v) is 3.62. The molecule has 0 amide bonds. The van der Waals surface area contributed by atoms with Crippen molar-refractivity contribution in [3.8, 4) is 0 Å². The van der Waals surface area contributed by atoms with Crippen LogP contribution in [-0.4, -0.2) is 5.78 Å². The third kappa shape index (κ3) is 1.98. The van der Waals surface area contributed by atoms with Gasteiger partial charge in [-0.3, -0.25) is 4.79 Å². The second-order valence-corrected chi connectivity index (χ2v) is 3.35. The van der Waals surface area contributed by atoms with Crippen LogP contribution in [-0.2, 0) is 4.79 Å². The maximum Gasteiger partial charge on any atom is 0.163 e. The van der Waals surface area contributed by atoms with E-state index in [1.54, 1.807) is 6.92 Å². The minimum atomic E-state index is -0.216. The quantitative estimate of drug-likeness (QED) is 0.551. The van der Waals surface area contributed by atoms with Crippen molar-refractivity contribution in [2.24, 2.45) is 5.41 Å². The van der Waals surface area contributed by atoms with Crippen molar-refractivity contribution in [3.63, 3.8) is 0 Å². The van der Waals surface area contributed by atoms with Gasteiger partial charge in [0.15, 0.2) is 5.78 Å². The number of Topliss-reactive ketones (excluding diaryl/α,β-unsaturated/α-hetero) is 1. The first-order valence-electron chi connectivity index (χ1n) is 3.62. The molecule has 0 aliphatic heterocycles. The second-order valence-electron chi connectivity index (χ2n) is 3.35. The Morgan fingerprint density at radius 3 is 2.00 bits per heavy atom. The molecule has 0 aromatic heterocycles. The predicted molar refractivity (Wildman–Crippen MR) is 43.9 cm³/mol. The number of carbonyl (C=O) groups excluding carboxylic acids is 1. The molecule has 0 aliphatic rings. The highest BCUT2D eigenvalue weighted by molar-refractivity contribution is 5.98. The lowest BCUT2D eigenvalue weighted by molar-refractivity contribution is -0.123. The molecule has 10 heavy (non-hydrogen) atoms. The first-order chi connectivity index (χ1) is 4.41. The molecule has 0 rings (SSSR count). The lowest BCUT2D eigenvalue weighted by Crippen LogP contribution is -2.23. The SMILES string of the molecule is C=C(C)C(=O)C(C)(C)CC. The molecule has 0 aromatic carbocycles. The van der Waals surface area contributed by atoms with Crippen LogP contribution in [0.25, 0.3) is 0 Å². The lowest BCUT2D eigenvalue weighted by atomic mass is 9.83. The lowest BCUT2D eigenvalue weighted by Gasteiger charge is -2.20. The third-order valence-corrected chi connectivity index (χ3v) is 1.89. The van der Waals surface area contributed by atoms with Gasteiger partial charge in [-0.15, -0.1) is 0 Å². The molecule has 1 heteroatoms. The van der Waals surface area contributed by atoms with E-state index in [1.165, 1.54) is 0 Å². The summed E-state index contributed by atoms with van der Waals surface area (Å²) in [4.78, 5) is 11.3. The largest absolute Gasteiger partial charge is 0.294 e. The highest BCUT2D eigenvalue weighted by Crippen LogP contribution is 2.23. The molecule has 0 aliphatic carbocycles. The molecule has 0 atom stereocenters. The number of hydrogen-bond acceptors (Lipinski definition) is 1. The molecule has 0 saturated carbocycles. The molecule has 58 valence electrons. The van der Waals surface area contributed by atoms with E-state index in [0.29, 0.717) is 5.57 Å². The van der Waals surface area contributed by atoms with Crippen molar-refractivity contribution in [2.75, 3.05) is 0 Å². The fourth-order valence-corrected chi connectivity index (χ4v) is 0.738. The van der Waals surface area contributed by atoms with Gasteiger partial charge in [0.2, 0.25) is 0 Å². The topological polar surface area (TPSA) is 17.1 Å². The van der Waals surface area contributed by atoms with E-state index in [4.69, 9.17) is 0 Å². The van der Waals surface area contributed by atoms with Crippen molar-refractivity contribution >= 4 is 5.78 Å². The van der Waals surface area contributed by atoms with E-state index in [1.807, 2.05) is 20.8 Å². The molecule has 0 fully saturated rings. The maximum atomic E-state index is 11.3. The van der Waals surface area contributed by atoms with Crippen LogP contribution in [0.1, 0.15) is 34.1 Å². The molecular weight excluding hydrogens is 124 g/mol. The number of hydrogen-bond donors (Lipinski definition) is 0. The molecule has 0 bridgehead atoms. The van der Waals surface area contributed by atoms with Gasteiger partial charge in [-0.25, -0.2) is 0 Å². The summed E-state index contributed by atoms with van der Waals surface area (Å²) >= 11 is 0. The number of allylic oxidation sites excluding steroid dienone is 1. The Kier molecular flexibility index (Phi) is 2.82. The molecule has 0 aromatic rings. The van der Waals surface area contributed by atoms with Crippen LogP contribution in [0, 0.1) is 5.41 Å². The van der Waals surface area contributed by atoms with E-state index in [0.717, 1.165) is 6.42 Å².